The Morgan fingerprint density at radius 3 is 2.54 bits per heavy atom. The third-order valence-corrected chi connectivity index (χ3v) is 3.39. The predicted octanol–water partition coefficient (Wildman–Crippen LogP) is 2.26. The van der Waals surface area contributed by atoms with Crippen LogP contribution in [0.5, 0.6) is 11.5 Å². The second-order valence-electron chi connectivity index (χ2n) is 5.13. The Morgan fingerprint density at radius 1 is 1.17 bits per heavy atom. The smallest absolute Gasteiger partial charge is 0.342 e. The van der Waals surface area contributed by atoms with Gasteiger partial charge in [-0.25, -0.2) is 4.79 Å². The largest absolute Gasteiger partial charge is 0.507 e. The van der Waals surface area contributed by atoms with Gasteiger partial charge in [-0.3, -0.25) is 4.79 Å². The molecule has 0 bridgehead atoms. The molecule has 0 radical (unpaired) electrons. The van der Waals surface area contributed by atoms with E-state index >= 15 is 0 Å². The van der Waals surface area contributed by atoms with Gasteiger partial charge in [0, 0.05) is 6.54 Å². The number of rotatable bonds is 6. The van der Waals surface area contributed by atoms with E-state index < -0.39 is 18.0 Å². The van der Waals surface area contributed by atoms with E-state index in [0.717, 1.165) is 5.56 Å². The SMILES string of the molecule is COc1ccc(O)c(C(=O)O[C@H](C)C(=O)NCc2ccccc2)c1. The number of esters is 1. The number of ether oxygens (including phenoxy) is 2. The molecule has 0 saturated carbocycles. The lowest BCUT2D eigenvalue weighted by Gasteiger charge is -2.14. The molecule has 0 saturated heterocycles. The van der Waals surface area contributed by atoms with Crippen LogP contribution < -0.4 is 10.1 Å². The molecule has 0 spiro atoms. The quantitative estimate of drug-likeness (QED) is 0.794. The van der Waals surface area contributed by atoms with Gasteiger partial charge in [0.1, 0.15) is 17.1 Å². The fourth-order valence-electron chi connectivity index (χ4n) is 2.01. The van der Waals surface area contributed by atoms with Crippen LogP contribution >= 0.6 is 0 Å². The van der Waals surface area contributed by atoms with Crippen LogP contribution in [0.2, 0.25) is 0 Å². The molecule has 0 unspecified atom stereocenters. The molecule has 0 aliphatic heterocycles. The topological polar surface area (TPSA) is 84.9 Å². The van der Waals surface area contributed by atoms with E-state index in [-0.39, 0.29) is 11.3 Å². The summed E-state index contributed by atoms with van der Waals surface area (Å²) >= 11 is 0. The van der Waals surface area contributed by atoms with Crippen LogP contribution in [0, 0.1) is 0 Å². The maximum absolute atomic E-state index is 12.1. The first-order chi connectivity index (χ1) is 11.5. The standard InChI is InChI=1S/C18H19NO5/c1-12(17(21)19-11-13-6-4-3-5-7-13)24-18(22)15-10-14(23-2)8-9-16(15)20/h3-10,12,20H,11H2,1-2H3,(H,19,21)/t12-/m1/s1. The Bertz CT molecular complexity index is 715. The zero-order valence-electron chi connectivity index (χ0n) is 13.5. The van der Waals surface area contributed by atoms with Crippen molar-refractivity contribution in [2.24, 2.45) is 0 Å². The zero-order chi connectivity index (χ0) is 17.5. The van der Waals surface area contributed by atoms with Crippen LogP contribution in [-0.2, 0) is 16.1 Å². The highest BCUT2D eigenvalue weighted by Crippen LogP contribution is 2.23. The molecule has 2 aromatic carbocycles. The maximum Gasteiger partial charge on any atom is 0.342 e. The van der Waals surface area contributed by atoms with Crippen LogP contribution in [0.25, 0.3) is 0 Å². The molecule has 1 atom stereocenters. The van der Waals surface area contributed by atoms with Crippen molar-refractivity contribution in [1.82, 2.24) is 5.32 Å². The fourth-order valence-corrected chi connectivity index (χ4v) is 2.01. The molecule has 126 valence electrons. The number of phenols is 1. The first-order valence-corrected chi connectivity index (χ1v) is 7.41. The van der Waals surface area contributed by atoms with Crippen LogP contribution in [0.1, 0.15) is 22.8 Å². The Kier molecular flexibility index (Phi) is 5.78. The van der Waals surface area contributed by atoms with Gasteiger partial charge in [0.25, 0.3) is 5.91 Å². The number of amides is 1. The number of benzene rings is 2. The lowest BCUT2D eigenvalue weighted by molar-refractivity contribution is -0.129. The summed E-state index contributed by atoms with van der Waals surface area (Å²) in [4.78, 5) is 24.1. The summed E-state index contributed by atoms with van der Waals surface area (Å²) in [5.41, 5.74) is 0.881. The van der Waals surface area contributed by atoms with Crippen molar-refractivity contribution in [3.8, 4) is 11.5 Å². The molecule has 0 fully saturated rings. The van der Waals surface area contributed by atoms with Crippen molar-refractivity contribution in [2.45, 2.75) is 19.6 Å². The van der Waals surface area contributed by atoms with E-state index in [9.17, 15) is 14.7 Å². The van der Waals surface area contributed by atoms with Crippen LogP contribution in [0.4, 0.5) is 0 Å². The van der Waals surface area contributed by atoms with Crippen molar-refractivity contribution in [3.63, 3.8) is 0 Å². The summed E-state index contributed by atoms with van der Waals surface area (Å²) in [6.45, 7) is 1.81. The van der Waals surface area contributed by atoms with Crippen LogP contribution in [-0.4, -0.2) is 30.2 Å². The molecule has 0 aliphatic carbocycles. The molecule has 2 aromatic rings. The highest BCUT2D eigenvalue weighted by Gasteiger charge is 2.21. The molecule has 0 heterocycles. The van der Waals surface area contributed by atoms with E-state index in [1.165, 1.54) is 32.2 Å². The van der Waals surface area contributed by atoms with Gasteiger partial charge in [-0.05, 0) is 30.7 Å². The minimum atomic E-state index is -0.994. The zero-order valence-corrected chi connectivity index (χ0v) is 13.5. The molecule has 0 aromatic heterocycles. The van der Waals surface area contributed by atoms with E-state index in [2.05, 4.69) is 5.32 Å². The van der Waals surface area contributed by atoms with Gasteiger partial charge in [-0.2, -0.15) is 0 Å². The molecule has 1 amide bonds. The number of hydrogen-bond acceptors (Lipinski definition) is 5. The number of aromatic hydroxyl groups is 1. The fraction of sp³-hybridized carbons (Fsp3) is 0.222. The highest BCUT2D eigenvalue weighted by atomic mass is 16.5. The first-order valence-electron chi connectivity index (χ1n) is 7.41. The van der Waals surface area contributed by atoms with Crippen LogP contribution in [0.3, 0.4) is 0 Å². The average molecular weight is 329 g/mol. The summed E-state index contributed by atoms with van der Waals surface area (Å²) in [5, 5.41) is 12.4. The summed E-state index contributed by atoms with van der Waals surface area (Å²) in [6, 6.07) is 13.6. The summed E-state index contributed by atoms with van der Waals surface area (Å²) < 4.78 is 10.1. The monoisotopic (exact) mass is 329 g/mol. The number of hydrogen-bond donors (Lipinski definition) is 2. The van der Waals surface area contributed by atoms with Gasteiger partial charge in [-0.1, -0.05) is 30.3 Å². The van der Waals surface area contributed by atoms with Crippen molar-refractivity contribution in [3.05, 3.63) is 59.7 Å². The Morgan fingerprint density at radius 2 is 1.88 bits per heavy atom. The number of carbonyl (C=O) groups is 2. The molecule has 24 heavy (non-hydrogen) atoms. The molecule has 2 N–H and O–H groups in total. The van der Waals surface area contributed by atoms with Crippen LogP contribution in [0.15, 0.2) is 48.5 Å². The molecule has 6 heteroatoms. The Hall–Kier alpha value is -3.02. The number of nitrogens with one attached hydrogen (secondary N) is 1. The molecular formula is C18H19NO5. The maximum atomic E-state index is 12.1. The minimum Gasteiger partial charge on any atom is -0.507 e. The molecular weight excluding hydrogens is 310 g/mol. The van der Waals surface area contributed by atoms with E-state index in [1.54, 1.807) is 0 Å². The van der Waals surface area contributed by atoms with Gasteiger partial charge in [0.05, 0.1) is 7.11 Å². The van der Waals surface area contributed by atoms with Gasteiger partial charge in [-0.15, -0.1) is 0 Å². The van der Waals surface area contributed by atoms with Crippen molar-refractivity contribution in [1.29, 1.82) is 0 Å². The van der Waals surface area contributed by atoms with Crippen molar-refractivity contribution >= 4 is 11.9 Å². The number of carbonyl (C=O) groups excluding carboxylic acids is 2. The first kappa shape index (κ1) is 17.3. The summed E-state index contributed by atoms with van der Waals surface area (Å²) in [6.07, 6.45) is -0.994. The van der Waals surface area contributed by atoms with E-state index in [1.807, 2.05) is 30.3 Å². The highest BCUT2D eigenvalue weighted by molar-refractivity contribution is 5.95. The van der Waals surface area contributed by atoms with Crippen molar-refractivity contribution in [2.75, 3.05) is 7.11 Å². The van der Waals surface area contributed by atoms with E-state index in [0.29, 0.717) is 12.3 Å². The third kappa shape index (κ3) is 4.49. The van der Waals surface area contributed by atoms with Gasteiger partial charge in [0.2, 0.25) is 0 Å². The number of phenolic OH excluding ortho intramolecular Hbond substituents is 1. The normalized spacial score (nSPS) is 11.4. The molecule has 6 nitrogen and oxygen atoms in total. The summed E-state index contributed by atoms with van der Waals surface area (Å²) in [7, 11) is 1.45. The number of methoxy groups -OCH3 is 1. The second-order valence-corrected chi connectivity index (χ2v) is 5.13. The lowest BCUT2D eigenvalue weighted by Crippen LogP contribution is -2.35. The molecule has 2 rings (SSSR count). The Balaban J connectivity index is 1.94. The second kappa shape index (κ2) is 8.01. The Labute approximate surface area is 140 Å². The van der Waals surface area contributed by atoms with Gasteiger partial charge >= 0.3 is 5.97 Å². The molecule has 0 aliphatic rings. The predicted molar refractivity (Wildman–Crippen MR) is 87.8 cm³/mol. The van der Waals surface area contributed by atoms with E-state index in [4.69, 9.17) is 9.47 Å². The van der Waals surface area contributed by atoms with Gasteiger partial charge < -0.3 is 19.9 Å². The van der Waals surface area contributed by atoms with Gasteiger partial charge in [0.15, 0.2) is 6.10 Å². The lowest BCUT2D eigenvalue weighted by atomic mass is 10.2. The van der Waals surface area contributed by atoms with Crippen molar-refractivity contribution < 1.29 is 24.2 Å². The summed E-state index contributed by atoms with van der Waals surface area (Å²) in [5.74, 6) is -1.05. The average Bonchev–Trinajstić information content (AvgIpc) is 2.60. The minimum absolute atomic E-state index is 0.0583. The third-order valence-electron chi connectivity index (χ3n) is 3.39.